The summed E-state index contributed by atoms with van der Waals surface area (Å²) in [6.45, 7) is 4.56. The highest BCUT2D eigenvalue weighted by Gasteiger charge is 2.25. The summed E-state index contributed by atoms with van der Waals surface area (Å²) in [6, 6.07) is 12.2. The molecule has 2 nitrogen and oxygen atoms in total. The van der Waals surface area contributed by atoms with E-state index in [4.69, 9.17) is 9.47 Å². The van der Waals surface area contributed by atoms with Crippen molar-refractivity contribution in [2.45, 2.75) is 31.5 Å². The Labute approximate surface area is 147 Å². The second-order valence-corrected chi connectivity index (χ2v) is 6.29. The van der Waals surface area contributed by atoms with Crippen LogP contribution >= 0.6 is 0 Å². The van der Waals surface area contributed by atoms with E-state index in [-0.39, 0.29) is 5.92 Å². The summed E-state index contributed by atoms with van der Waals surface area (Å²) in [6.07, 6.45) is 4.65. The third-order valence-corrected chi connectivity index (χ3v) is 4.44. The van der Waals surface area contributed by atoms with Crippen LogP contribution in [0.4, 0.5) is 8.78 Å². The molecule has 1 saturated heterocycles. The van der Waals surface area contributed by atoms with Gasteiger partial charge >= 0.3 is 0 Å². The third-order valence-electron chi connectivity index (χ3n) is 4.44. The molecule has 1 heterocycles. The van der Waals surface area contributed by atoms with E-state index in [1.165, 1.54) is 11.6 Å². The summed E-state index contributed by atoms with van der Waals surface area (Å²) in [5.74, 6) is -1.77. The zero-order chi connectivity index (χ0) is 17.6. The summed E-state index contributed by atoms with van der Waals surface area (Å²) in [7, 11) is 0. The number of hydrogen-bond donors (Lipinski definition) is 0. The molecule has 0 aromatic heterocycles. The molecule has 0 radical (unpaired) electrons. The molecule has 0 amide bonds. The fourth-order valence-electron chi connectivity index (χ4n) is 2.95. The van der Waals surface area contributed by atoms with E-state index in [9.17, 15) is 8.78 Å². The van der Waals surface area contributed by atoms with Gasteiger partial charge in [-0.1, -0.05) is 36.4 Å². The van der Waals surface area contributed by atoms with E-state index in [1.807, 2.05) is 18.2 Å². The third kappa shape index (κ3) is 4.53. The first kappa shape index (κ1) is 17.8. The maximum Gasteiger partial charge on any atom is 0.183 e. The van der Waals surface area contributed by atoms with Crippen molar-refractivity contribution in [1.29, 1.82) is 0 Å². The molecule has 3 rings (SSSR count). The van der Waals surface area contributed by atoms with Gasteiger partial charge in [0.25, 0.3) is 0 Å². The summed E-state index contributed by atoms with van der Waals surface area (Å²) >= 11 is 0. The average molecular weight is 344 g/mol. The highest BCUT2D eigenvalue weighted by atomic mass is 19.2. The Bertz CT molecular complexity index is 704. The summed E-state index contributed by atoms with van der Waals surface area (Å²) in [5.41, 5.74) is 2.94. The van der Waals surface area contributed by atoms with Crippen LogP contribution < -0.4 is 0 Å². The van der Waals surface area contributed by atoms with Gasteiger partial charge in [0.15, 0.2) is 17.9 Å². The Hall–Kier alpha value is -2.04. The maximum absolute atomic E-state index is 13.4. The van der Waals surface area contributed by atoms with Crippen molar-refractivity contribution in [3.63, 3.8) is 0 Å². The smallest absolute Gasteiger partial charge is 0.183 e. The second-order valence-electron chi connectivity index (χ2n) is 6.29. The topological polar surface area (TPSA) is 18.5 Å². The van der Waals surface area contributed by atoms with Crippen molar-refractivity contribution in [1.82, 2.24) is 0 Å². The van der Waals surface area contributed by atoms with Crippen molar-refractivity contribution in [2.75, 3.05) is 13.2 Å². The quantitative estimate of drug-likeness (QED) is 0.523. The maximum atomic E-state index is 13.4. The zero-order valence-corrected chi connectivity index (χ0v) is 14.1. The minimum atomic E-state index is -0.841. The molecule has 0 atom stereocenters. The van der Waals surface area contributed by atoms with Crippen LogP contribution in [-0.2, 0) is 15.9 Å². The molecule has 2 aromatic rings. The minimum Gasteiger partial charge on any atom is -0.348 e. The molecule has 1 aliphatic heterocycles. The van der Waals surface area contributed by atoms with Gasteiger partial charge in [-0.05, 0) is 42.5 Å². The molecule has 2 aromatic carbocycles. The van der Waals surface area contributed by atoms with Crippen LogP contribution in [-0.4, -0.2) is 13.2 Å². The number of ether oxygens (including phenoxy) is 2. The molecule has 0 aliphatic carbocycles. The number of benzene rings is 2. The first-order chi connectivity index (χ1) is 12.2. The molecule has 0 spiro atoms. The van der Waals surface area contributed by atoms with E-state index in [0.717, 1.165) is 30.9 Å². The Kier molecular flexibility index (Phi) is 5.95. The minimum absolute atomic E-state index is 0.0930. The van der Waals surface area contributed by atoms with Gasteiger partial charge in [-0.25, -0.2) is 8.78 Å². The zero-order valence-electron chi connectivity index (χ0n) is 14.1. The lowest BCUT2D eigenvalue weighted by molar-refractivity contribution is -0.191. The molecule has 4 heteroatoms. The molecule has 1 aliphatic rings. The predicted octanol–water partition coefficient (Wildman–Crippen LogP) is 5.30. The van der Waals surface area contributed by atoms with E-state index in [2.05, 4.69) is 18.7 Å². The van der Waals surface area contributed by atoms with Gasteiger partial charge in [0.1, 0.15) is 0 Å². The van der Waals surface area contributed by atoms with Crippen molar-refractivity contribution in [3.05, 3.63) is 83.4 Å². The summed E-state index contributed by atoms with van der Waals surface area (Å²) < 4.78 is 38.0. The lowest BCUT2D eigenvalue weighted by Crippen LogP contribution is -2.25. The molecule has 1 fully saturated rings. The van der Waals surface area contributed by atoms with E-state index in [1.54, 1.807) is 6.07 Å². The molecule has 0 N–H and O–H groups in total. The van der Waals surface area contributed by atoms with Crippen LogP contribution in [0.3, 0.4) is 0 Å². The number of halogens is 2. The standard InChI is InChI=1S/C21H22F2O2/c1-2-3-4-5-15-6-8-16(9-7-15)21-24-13-18(14-25-21)17-10-11-19(22)20(23)12-17/h2,6-12,18,21H,1,3-5,13-14H2. The molecular weight excluding hydrogens is 322 g/mol. The monoisotopic (exact) mass is 344 g/mol. The molecule has 132 valence electrons. The lowest BCUT2D eigenvalue weighted by atomic mass is 9.99. The fourth-order valence-corrected chi connectivity index (χ4v) is 2.95. The van der Waals surface area contributed by atoms with Crippen LogP contribution in [0.25, 0.3) is 0 Å². The van der Waals surface area contributed by atoms with E-state index in [0.29, 0.717) is 18.8 Å². The Morgan fingerprint density at radius 3 is 2.28 bits per heavy atom. The first-order valence-electron chi connectivity index (χ1n) is 8.55. The molecule has 0 unspecified atom stereocenters. The highest BCUT2D eigenvalue weighted by Crippen LogP contribution is 2.30. The van der Waals surface area contributed by atoms with Gasteiger partial charge in [0, 0.05) is 11.5 Å². The van der Waals surface area contributed by atoms with Gasteiger partial charge in [0.2, 0.25) is 0 Å². The fraction of sp³-hybridized carbons (Fsp3) is 0.333. The number of unbranched alkanes of at least 4 members (excludes halogenated alkanes) is 1. The Balaban J connectivity index is 1.56. The molecule has 25 heavy (non-hydrogen) atoms. The lowest BCUT2D eigenvalue weighted by Gasteiger charge is -2.30. The largest absolute Gasteiger partial charge is 0.348 e. The summed E-state index contributed by atoms with van der Waals surface area (Å²) in [5, 5.41) is 0. The van der Waals surface area contributed by atoms with Crippen LogP contribution in [0.5, 0.6) is 0 Å². The van der Waals surface area contributed by atoms with Crippen LogP contribution in [0.1, 0.15) is 41.7 Å². The Morgan fingerprint density at radius 2 is 1.64 bits per heavy atom. The normalized spacial score (nSPS) is 20.4. The number of allylic oxidation sites excluding steroid dienone is 1. The van der Waals surface area contributed by atoms with E-state index >= 15 is 0 Å². The second kappa shape index (κ2) is 8.37. The predicted molar refractivity (Wildman–Crippen MR) is 93.3 cm³/mol. The SMILES string of the molecule is C=CCCCc1ccc(C2OCC(c3ccc(F)c(F)c3)CO2)cc1. The van der Waals surface area contributed by atoms with Crippen molar-refractivity contribution in [3.8, 4) is 0 Å². The number of rotatable bonds is 6. The van der Waals surface area contributed by atoms with E-state index < -0.39 is 17.9 Å². The number of hydrogen-bond acceptors (Lipinski definition) is 2. The van der Waals surface area contributed by atoms with Crippen molar-refractivity contribution in [2.24, 2.45) is 0 Å². The summed E-state index contributed by atoms with van der Waals surface area (Å²) in [4.78, 5) is 0. The van der Waals surface area contributed by atoms with Crippen molar-refractivity contribution >= 4 is 0 Å². The van der Waals surface area contributed by atoms with Crippen molar-refractivity contribution < 1.29 is 18.3 Å². The van der Waals surface area contributed by atoms with Gasteiger partial charge in [0.05, 0.1) is 13.2 Å². The van der Waals surface area contributed by atoms with Gasteiger partial charge in [-0.3, -0.25) is 0 Å². The molecule has 0 bridgehead atoms. The van der Waals surface area contributed by atoms with Gasteiger partial charge in [-0.2, -0.15) is 0 Å². The Morgan fingerprint density at radius 1 is 0.960 bits per heavy atom. The average Bonchev–Trinajstić information content (AvgIpc) is 2.65. The van der Waals surface area contributed by atoms with Crippen LogP contribution in [0, 0.1) is 11.6 Å². The number of aryl methyl sites for hydroxylation is 1. The van der Waals surface area contributed by atoms with Gasteiger partial charge < -0.3 is 9.47 Å². The highest BCUT2D eigenvalue weighted by molar-refractivity contribution is 5.25. The first-order valence-corrected chi connectivity index (χ1v) is 8.55. The molecular formula is C21H22F2O2. The van der Waals surface area contributed by atoms with Gasteiger partial charge in [-0.15, -0.1) is 6.58 Å². The molecule has 0 saturated carbocycles. The van der Waals surface area contributed by atoms with Crippen LogP contribution in [0.2, 0.25) is 0 Å². The van der Waals surface area contributed by atoms with Crippen LogP contribution in [0.15, 0.2) is 55.1 Å².